The van der Waals surface area contributed by atoms with Crippen LogP contribution in [0, 0.1) is 0 Å². The van der Waals surface area contributed by atoms with Crippen LogP contribution in [0.2, 0.25) is 0 Å². The highest BCUT2D eigenvalue weighted by Gasteiger charge is 2.28. The second-order valence-electron chi connectivity index (χ2n) is 7.28. The van der Waals surface area contributed by atoms with E-state index in [4.69, 9.17) is 0 Å². The van der Waals surface area contributed by atoms with Crippen LogP contribution in [0.25, 0.3) is 5.69 Å². The lowest BCUT2D eigenvalue weighted by molar-refractivity contribution is 0.382. The minimum absolute atomic E-state index is 0.313. The first-order valence-corrected chi connectivity index (χ1v) is 9.25. The lowest BCUT2D eigenvalue weighted by Gasteiger charge is -2.32. The number of rotatable bonds is 5. The molecule has 0 amide bonds. The number of hydrogen-bond donors (Lipinski definition) is 0. The molecule has 1 atom stereocenters. The predicted octanol–water partition coefficient (Wildman–Crippen LogP) is 1.24. The van der Waals surface area contributed by atoms with Crippen LogP contribution in [-0.2, 0) is 13.6 Å². The van der Waals surface area contributed by atoms with E-state index in [-0.39, 0.29) is 0 Å². The SMILES string of the molecule is CN(C)Cc1nnc([C@H]2CCCN(c3nnnn3-c3ccccc3)C2)n1C. The van der Waals surface area contributed by atoms with Crippen molar-refractivity contribution in [2.75, 3.05) is 32.1 Å². The summed E-state index contributed by atoms with van der Waals surface area (Å²) in [5.74, 6) is 3.12. The third-order valence-corrected chi connectivity index (χ3v) is 4.98. The van der Waals surface area contributed by atoms with Crippen molar-refractivity contribution >= 4 is 5.95 Å². The topological polar surface area (TPSA) is 80.8 Å². The highest BCUT2D eigenvalue weighted by molar-refractivity contribution is 5.41. The number of para-hydroxylation sites is 1. The average Bonchev–Trinajstić information content (AvgIpc) is 3.30. The van der Waals surface area contributed by atoms with Crippen molar-refractivity contribution < 1.29 is 0 Å². The Morgan fingerprint density at radius 1 is 1.11 bits per heavy atom. The number of aromatic nitrogens is 7. The summed E-state index contributed by atoms with van der Waals surface area (Å²) in [7, 11) is 6.14. The van der Waals surface area contributed by atoms with Gasteiger partial charge in [0.25, 0.3) is 0 Å². The third-order valence-electron chi connectivity index (χ3n) is 4.98. The molecule has 1 aliphatic heterocycles. The standard InChI is InChI=1S/C18H25N9/c1-24(2)13-16-19-20-17(25(16)3)14-8-7-11-26(12-14)18-21-22-23-27(18)15-9-5-4-6-10-15/h4-6,9-10,14H,7-8,11-13H2,1-3H3/t14-/m0/s1. The van der Waals surface area contributed by atoms with Gasteiger partial charge in [-0.15, -0.1) is 10.2 Å². The largest absolute Gasteiger partial charge is 0.339 e. The van der Waals surface area contributed by atoms with E-state index in [2.05, 4.69) is 47.1 Å². The molecule has 9 heteroatoms. The first-order valence-electron chi connectivity index (χ1n) is 9.25. The maximum absolute atomic E-state index is 4.49. The third kappa shape index (κ3) is 3.55. The van der Waals surface area contributed by atoms with Crippen LogP contribution >= 0.6 is 0 Å². The van der Waals surface area contributed by atoms with Crippen molar-refractivity contribution in [3.63, 3.8) is 0 Å². The molecule has 0 unspecified atom stereocenters. The molecule has 0 saturated carbocycles. The molecule has 0 radical (unpaired) electrons. The predicted molar refractivity (Wildman–Crippen MR) is 102 cm³/mol. The van der Waals surface area contributed by atoms with Crippen LogP contribution < -0.4 is 4.90 Å². The molecule has 1 aliphatic rings. The second kappa shape index (κ2) is 7.43. The molecule has 3 aromatic rings. The minimum Gasteiger partial charge on any atom is -0.339 e. The molecule has 0 bridgehead atoms. The van der Waals surface area contributed by atoms with Gasteiger partial charge in [0.05, 0.1) is 12.2 Å². The van der Waals surface area contributed by atoms with Gasteiger partial charge in [-0.05, 0) is 49.5 Å². The quantitative estimate of drug-likeness (QED) is 0.671. The summed E-state index contributed by atoms with van der Waals surface area (Å²) in [5.41, 5.74) is 0.964. The van der Waals surface area contributed by atoms with Gasteiger partial charge in [-0.25, -0.2) is 0 Å². The molecule has 9 nitrogen and oxygen atoms in total. The molecule has 0 spiro atoms. The molecule has 1 fully saturated rings. The Kier molecular flexibility index (Phi) is 4.85. The molecular formula is C18H25N9. The highest BCUT2D eigenvalue weighted by atomic mass is 15.6. The maximum atomic E-state index is 4.49. The van der Waals surface area contributed by atoms with Gasteiger partial charge in [0.15, 0.2) is 0 Å². The number of nitrogens with zero attached hydrogens (tertiary/aromatic N) is 9. The summed E-state index contributed by atoms with van der Waals surface area (Å²) in [6, 6.07) is 10.00. The number of piperidine rings is 1. The summed E-state index contributed by atoms with van der Waals surface area (Å²) in [5, 5.41) is 21.3. The zero-order valence-electron chi connectivity index (χ0n) is 16.0. The van der Waals surface area contributed by atoms with Gasteiger partial charge in [0.1, 0.15) is 11.6 Å². The van der Waals surface area contributed by atoms with Crippen molar-refractivity contribution in [1.82, 2.24) is 39.9 Å². The van der Waals surface area contributed by atoms with E-state index in [1.54, 1.807) is 4.68 Å². The van der Waals surface area contributed by atoms with Crippen molar-refractivity contribution in [2.45, 2.75) is 25.3 Å². The highest BCUT2D eigenvalue weighted by Crippen LogP contribution is 2.29. The van der Waals surface area contributed by atoms with Gasteiger partial charge in [-0.1, -0.05) is 23.3 Å². The number of hydrogen-bond acceptors (Lipinski definition) is 7. The molecule has 1 aromatic carbocycles. The zero-order valence-corrected chi connectivity index (χ0v) is 16.0. The molecule has 0 N–H and O–H groups in total. The number of benzene rings is 1. The molecule has 4 rings (SSSR count). The summed E-state index contributed by atoms with van der Waals surface area (Å²) in [4.78, 5) is 4.36. The molecule has 0 aliphatic carbocycles. The van der Waals surface area contributed by atoms with Gasteiger partial charge in [0, 0.05) is 26.1 Å². The van der Waals surface area contributed by atoms with Crippen LogP contribution in [0.4, 0.5) is 5.95 Å². The van der Waals surface area contributed by atoms with Gasteiger partial charge in [-0.2, -0.15) is 4.68 Å². The van der Waals surface area contributed by atoms with Gasteiger partial charge >= 0.3 is 0 Å². The van der Waals surface area contributed by atoms with Crippen molar-refractivity contribution in [2.24, 2.45) is 7.05 Å². The Labute approximate surface area is 158 Å². The lowest BCUT2D eigenvalue weighted by Crippen LogP contribution is -2.37. The smallest absolute Gasteiger partial charge is 0.250 e. The number of tetrazole rings is 1. The van der Waals surface area contributed by atoms with Crippen LogP contribution in [0.15, 0.2) is 30.3 Å². The first kappa shape index (κ1) is 17.6. The van der Waals surface area contributed by atoms with Gasteiger partial charge in [-0.3, -0.25) is 0 Å². The van der Waals surface area contributed by atoms with E-state index < -0.39 is 0 Å². The van der Waals surface area contributed by atoms with E-state index in [1.807, 2.05) is 44.4 Å². The van der Waals surface area contributed by atoms with E-state index >= 15 is 0 Å². The summed E-state index contributed by atoms with van der Waals surface area (Å²) >= 11 is 0. The van der Waals surface area contributed by atoms with Crippen molar-refractivity contribution in [3.8, 4) is 5.69 Å². The van der Waals surface area contributed by atoms with E-state index in [9.17, 15) is 0 Å². The maximum Gasteiger partial charge on any atom is 0.250 e. The molecule has 142 valence electrons. The van der Waals surface area contributed by atoms with Crippen LogP contribution in [0.3, 0.4) is 0 Å². The Bertz CT molecular complexity index is 883. The Morgan fingerprint density at radius 3 is 2.70 bits per heavy atom. The molecule has 27 heavy (non-hydrogen) atoms. The Morgan fingerprint density at radius 2 is 1.93 bits per heavy atom. The Balaban J connectivity index is 1.57. The van der Waals surface area contributed by atoms with E-state index in [1.165, 1.54) is 0 Å². The zero-order chi connectivity index (χ0) is 18.8. The fourth-order valence-electron chi connectivity index (χ4n) is 3.64. The van der Waals surface area contributed by atoms with Crippen LogP contribution in [0.1, 0.15) is 30.4 Å². The van der Waals surface area contributed by atoms with E-state index in [0.717, 1.165) is 55.8 Å². The van der Waals surface area contributed by atoms with Crippen molar-refractivity contribution in [3.05, 3.63) is 42.0 Å². The summed E-state index contributed by atoms with van der Waals surface area (Å²) in [6.45, 7) is 2.56. The number of anilines is 1. The van der Waals surface area contributed by atoms with Crippen molar-refractivity contribution in [1.29, 1.82) is 0 Å². The first-order chi connectivity index (χ1) is 13.1. The monoisotopic (exact) mass is 367 g/mol. The van der Waals surface area contributed by atoms with Gasteiger partial charge in [0.2, 0.25) is 5.95 Å². The fraction of sp³-hybridized carbons (Fsp3) is 0.500. The van der Waals surface area contributed by atoms with Gasteiger partial charge < -0.3 is 14.4 Å². The normalized spacial score (nSPS) is 17.6. The van der Waals surface area contributed by atoms with Crippen LogP contribution in [0.5, 0.6) is 0 Å². The van der Waals surface area contributed by atoms with E-state index in [0.29, 0.717) is 5.92 Å². The second-order valence-corrected chi connectivity index (χ2v) is 7.28. The summed E-state index contributed by atoms with van der Waals surface area (Å²) < 4.78 is 3.94. The molecule has 3 heterocycles. The Hall–Kier alpha value is -2.81. The average molecular weight is 367 g/mol. The minimum atomic E-state index is 0.313. The molecule has 1 saturated heterocycles. The van der Waals surface area contributed by atoms with Crippen LogP contribution in [-0.4, -0.2) is 67.1 Å². The fourth-order valence-corrected chi connectivity index (χ4v) is 3.64. The molecule has 2 aromatic heterocycles. The molecular weight excluding hydrogens is 342 g/mol. The summed E-state index contributed by atoms with van der Waals surface area (Å²) in [6.07, 6.45) is 2.17. The lowest BCUT2D eigenvalue weighted by atomic mass is 9.97.